The van der Waals surface area contributed by atoms with Gasteiger partial charge in [0.25, 0.3) is 10.0 Å². The Kier molecular flexibility index (Phi) is 8.65. The van der Waals surface area contributed by atoms with Crippen LogP contribution in [0.4, 0.5) is 5.69 Å². The van der Waals surface area contributed by atoms with Crippen LogP contribution in [0.2, 0.25) is 0 Å². The molecule has 184 valence electrons. The molecule has 0 fully saturated rings. The minimum atomic E-state index is -4.04. The number of nitrogens with zero attached hydrogens (tertiary/aromatic N) is 2. The summed E-state index contributed by atoms with van der Waals surface area (Å²) in [6.07, 6.45) is 0. The molecule has 3 aromatic rings. The van der Waals surface area contributed by atoms with Gasteiger partial charge >= 0.3 is 0 Å². The van der Waals surface area contributed by atoms with Crippen molar-refractivity contribution in [3.05, 3.63) is 96.1 Å². The topological polar surface area (TPSA) is 86.8 Å². The van der Waals surface area contributed by atoms with Gasteiger partial charge in [-0.25, -0.2) is 8.42 Å². The molecule has 0 saturated carbocycles. The lowest BCUT2D eigenvalue weighted by atomic mass is 10.1. The van der Waals surface area contributed by atoms with E-state index in [0.717, 1.165) is 15.4 Å². The molecule has 7 nitrogen and oxygen atoms in total. The van der Waals surface area contributed by atoms with Crippen LogP contribution in [0.5, 0.6) is 0 Å². The summed E-state index contributed by atoms with van der Waals surface area (Å²) >= 11 is 0. The SMILES string of the molecule is CCNC(=O)[C@@H](C)N(Cc1ccccc1)C(=O)CN(c1cccc(C)c1)S(=O)(=O)c1ccccc1. The number of benzene rings is 3. The number of carbonyl (C=O) groups is 2. The highest BCUT2D eigenvalue weighted by Crippen LogP contribution is 2.25. The van der Waals surface area contributed by atoms with Crippen molar-refractivity contribution in [3.8, 4) is 0 Å². The molecule has 0 aliphatic heterocycles. The third-order valence-corrected chi connectivity index (χ3v) is 7.40. The summed E-state index contributed by atoms with van der Waals surface area (Å²) in [4.78, 5) is 27.8. The van der Waals surface area contributed by atoms with Crippen molar-refractivity contribution in [1.29, 1.82) is 0 Å². The van der Waals surface area contributed by atoms with Crippen LogP contribution in [0.3, 0.4) is 0 Å². The predicted molar refractivity (Wildman–Crippen MR) is 137 cm³/mol. The molecule has 0 spiro atoms. The van der Waals surface area contributed by atoms with Crippen molar-refractivity contribution in [2.75, 3.05) is 17.4 Å². The molecule has 0 heterocycles. The molecule has 0 radical (unpaired) electrons. The van der Waals surface area contributed by atoms with Gasteiger partial charge in [-0.05, 0) is 56.2 Å². The molecule has 1 N–H and O–H groups in total. The third-order valence-electron chi connectivity index (χ3n) is 5.61. The molecule has 2 amide bonds. The van der Waals surface area contributed by atoms with Crippen molar-refractivity contribution in [2.45, 2.75) is 38.3 Å². The van der Waals surface area contributed by atoms with E-state index in [1.165, 1.54) is 17.0 Å². The van der Waals surface area contributed by atoms with Gasteiger partial charge in [-0.1, -0.05) is 60.7 Å². The fourth-order valence-corrected chi connectivity index (χ4v) is 5.14. The fraction of sp³-hybridized carbons (Fsp3) is 0.259. The highest BCUT2D eigenvalue weighted by atomic mass is 32.2. The van der Waals surface area contributed by atoms with Crippen LogP contribution >= 0.6 is 0 Å². The molecule has 0 aliphatic carbocycles. The first kappa shape index (κ1) is 26.0. The van der Waals surface area contributed by atoms with Crippen molar-refractivity contribution in [1.82, 2.24) is 10.2 Å². The van der Waals surface area contributed by atoms with Crippen LogP contribution in [0, 0.1) is 6.92 Å². The molecule has 0 unspecified atom stereocenters. The van der Waals surface area contributed by atoms with Gasteiger partial charge in [-0.15, -0.1) is 0 Å². The Morgan fingerprint density at radius 3 is 2.14 bits per heavy atom. The van der Waals surface area contributed by atoms with E-state index in [1.54, 1.807) is 50.2 Å². The zero-order valence-electron chi connectivity index (χ0n) is 20.2. The Bertz CT molecular complexity index is 1250. The van der Waals surface area contributed by atoms with Crippen molar-refractivity contribution in [2.24, 2.45) is 0 Å². The van der Waals surface area contributed by atoms with E-state index in [9.17, 15) is 18.0 Å². The molecular weight excluding hydrogens is 462 g/mol. The minimum Gasteiger partial charge on any atom is -0.355 e. The summed E-state index contributed by atoms with van der Waals surface area (Å²) < 4.78 is 28.4. The number of carbonyl (C=O) groups excluding carboxylic acids is 2. The maximum atomic E-state index is 13.7. The van der Waals surface area contributed by atoms with Gasteiger partial charge in [0.15, 0.2) is 0 Å². The Labute approximate surface area is 207 Å². The van der Waals surface area contributed by atoms with Gasteiger partial charge in [0.05, 0.1) is 10.6 Å². The first-order chi connectivity index (χ1) is 16.7. The number of hydrogen-bond acceptors (Lipinski definition) is 4. The highest BCUT2D eigenvalue weighted by molar-refractivity contribution is 7.92. The van der Waals surface area contributed by atoms with Crippen molar-refractivity contribution >= 4 is 27.5 Å². The van der Waals surface area contributed by atoms with E-state index < -0.39 is 28.5 Å². The van der Waals surface area contributed by atoms with Gasteiger partial charge in [0, 0.05) is 13.1 Å². The number of likely N-dealkylation sites (N-methyl/N-ethyl adjacent to an activating group) is 1. The molecule has 0 saturated heterocycles. The molecule has 0 aromatic heterocycles. The van der Waals surface area contributed by atoms with Crippen LogP contribution in [0.25, 0.3) is 0 Å². The number of amides is 2. The van der Waals surface area contributed by atoms with E-state index in [0.29, 0.717) is 12.2 Å². The van der Waals surface area contributed by atoms with E-state index in [-0.39, 0.29) is 17.3 Å². The monoisotopic (exact) mass is 493 g/mol. The maximum Gasteiger partial charge on any atom is 0.264 e. The minimum absolute atomic E-state index is 0.0840. The smallest absolute Gasteiger partial charge is 0.264 e. The molecule has 3 aromatic carbocycles. The second-order valence-corrected chi connectivity index (χ2v) is 10.1. The molecule has 8 heteroatoms. The Hall–Kier alpha value is -3.65. The first-order valence-electron chi connectivity index (χ1n) is 11.5. The van der Waals surface area contributed by atoms with Crippen LogP contribution in [0.1, 0.15) is 25.0 Å². The summed E-state index contributed by atoms with van der Waals surface area (Å²) in [5.41, 5.74) is 2.08. The number of aryl methyl sites for hydroxylation is 1. The van der Waals surface area contributed by atoms with Crippen molar-refractivity contribution in [3.63, 3.8) is 0 Å². The standard InChI is InChI=1S/C27H31N3O4S/c1-4-28-27(32)22(3)29(19-23-13-7-5-8-14-23)26(31)20-30(24-15-11-12-21(2)18-24)35(33,34)25-16-9-6-10-17-25/h5-18,22H,4,19-20H2,1-3H3,(H,28,32)/t22-/m1/s1. The first-order valence-corrected chi connectivity index (χ1v) is 12.9. The molecule has 1 atom stereocenters. The summed E-state index contributed by atoms with van der Waals surface area (Å²) in [5.74, 6) is -0.779. The van der Waals surface area contributed by atoms with E-state index in [1.807, 2.05) is 43.3 Å². The largest absolute Gasteiger partial charge is 0.355 e. The number of sulfonamides is 1. The van der Waals surface area contributed by atoms with E-state index in [2.05, 4.69) is 5.32 Å². The van der Waals surface area contributed by atoms with Crippen LogP contribution < -0.4 is 9.62 Å². The summed E-state index contributed by atoms with van der Waals surface area (Å²) in [6, 6.07) is 23.5. The Morgan fingerprint density at radius 2 is 1.54 bits per heavy atom. The van der Waals surface area contributed by atoms with Crippen LogP contribution in [-0.4, -0.2) is 44.3 Å². The normalized spacial score (nSPS) is 12.0. The Morgan fingerprint density at radius 1 is 0.914 bits per heavy atom. The summed E-state index contributed by atoms with van der Waals surface area (Å²) in [7, 11) is -4.04. The summed E-state index contributed by atoms with van der Waals surface area (Å²) in [5, 5.41) is 2.75. The number of rotatable bonds is 10. The molecule has 0 aliphatic rings. The molecule has 0 bridgehead atoms. The zero-order valence-corrected chi connectivity index (χ0v) is 21.0. The lowest BCUT2D eigenvalue weighted by molar-refractivity contribution is -0.139. The van der Waals surface area contributed by atoms with Gasteiger partial charge in [-0.3, -0.25) is 13.9 Å². The zero-order chi connectivity index (χ0) is 25.4. The summed E-state index contributed by atoms with van der Waals surface area (Å²) in [6.45, 7) is 5.46. The van der Waals surface area contributed by atoms with E-state index >= 15 is 0 Å². The average Bonchev–Trinajstić information content (AvgIpc) is 2.86. The van der Waals surface area contributed by atoms with Gasteiger partial charge in [0.1, 0.15) is 12.6 Å². The third kappa shape index (κ3) is 6.48. The van der Waals surface area contributed by atoms with Crippen molar-refractivity contribution < 1.29 is 18.0 Å². The Balaban J connectivity index is 2.01. The fourth-order valence-electron chi connectivity index (χ4n) is 3.72. The molecule has 3 rings (SSSR count). The van der Waals surface area contributed by atoms with E-state index in [4.69, 9.17) is 0 Å². The lowest BCUT2D eigenvalue weighted by Gasteiger charge is -2.32. The lowest BCUT2D eigenvalue weighted by Crippen LogP contribution is -2.51. The van der Waals surface area contributed by atoms with Crippen LogP contribution in [-0.2, 0) is 26.2 Å². The average molecular weight is 494 g/mol. The second kappa shape index (κ2) is 11.7. The maximum absolute atomic E-state index is 13.7. The predicted octanol–water partition coefficient (Wildman–Crippen LogP) is 3.74. The van der Waals surface area contributed by atoms with Gasteiger partial charge in [-0.2, -0.15) is 0 Å². The number of anilines is 1. The van der Waals surface area contributed by atoms with Gasteiger partial charge in [0.2, 0.25) is 11.8 Å². The second-order valence-electron chi connectivity index (χ2n) is 8.24. The van der Waals surface area contributed by atoms with Crippen LogP contribution in [0.15, 0.2) is 89.8 Å². The van der Waals surface area contributed by atoms with Gasteiger partial charge < -0.3 is 10.2 Å². The number of hydrogen-bond donors (Lipinski definition) is 1. The highest BCUT2D eigenvalue weighted by Gasteiger charge is 2.32. The molecule has 35 heavy (non-hydrogen) atoms. The quantitative estimate of drug-likeness (QED) is 0.466. The number of nitrogens with one attached hydrogen (secondary N) is 1. The molecular formula is C27H31N3O4S.